The van der Waals surface area contributed by atoms with Crippen molar-refractivity contribution < 1.29 is 13.6 Å². The van der Waals surface area contributed by atoms with Crippen molar-refractivity contribution in [2.45, 2.75) is 13.8 Å². The van der Waals surface area contributed by atoms with Gasteiger partial charge in [0.05, 0.1) is 13.2 Å². The number of hydrogen-bond acceptors (Lipinski definition) is 3. The Bertz CT molecular complexity index is 238. The van der Waals surface area contributed by atoms with Gasteiger partial charge >= 0.3 is 7.60 Å². The molecule has 4 heteroatoms. The molecule has 0 fully saturated rings. The van der Waals surface area contributed by atoms with Gasteiger partial charge in [-0.05, 0) is 13.8 Å². The summed E-state index contributed by atoms with van der Waals surface area (Å²) in [5.74, 6) is 0. The van der Waals surface area contributed by atoms with Gasteiger partial charge in [0.15, 0.2) is 0 Å². The second-order valence-electron chi connectivity index (χ2n) is 2.76. The summed E-state index contributed by atoms with van der Waals surface area (Å²) in [6.07, 6.45) is 0. The molecule has 0 aromatic heterocycles. The van der Waals surface area contributed by atoms with Crippen molar-refractivity contribution in [3.63, 3.8) is 0 Å². The molecule has 0 saturated carbocycles. The first-order valence-corrected chi connectivity index (χ1v) is 6.98. The van der Waals surface area contributed by atoms with Crippen LogP contribution in [0, 0.1) is 0 Å². The van der Waals surface area contributed by atoms with Gasteiger partial charge in [0, 0.05) is 6.66 Å². The molecule has 1 rings (SSSR count). The van der Waals surface area contributed by atoms with Crippen LogP contribution in [0.4, 0.5) is 0 Å². The third-order valence-corrected chi connectivity index (χ3v) is 2.85. The molecule has 0 bridgehead atoms. The molecule has 15 heavy (non-hydrogen) atoms. The van der Waals surface area contributed by atoms with E-state index in [1.54, 1.807) is 13.8 Å². The maximum Gasteiger partial charge on any atom is 0.327 e. The molecule has 0 heterocycles. The minimum Gasteiger partial charge on any atom is -0.309 e. The first-order valence-electron chi connectivity index (χ1n) is 4.99. The minimum absolute atomic E-state index is 0.438. The SMILES string of the molecule is CCOP(C)(=O)OCC.c1ccccc1. The van der Waals surface area contributed by atoms with E-state index < -0.39 is 7.60 Å². The molecule has 1 aromatic rings. The molecule has 0 aliphatic rings. The van der Waals surface area contributed by atoms with E-state index in [0.29, 0.717) is 13.2 Å². The van der Waals surface area contributed by atoms with Crippen LogP contribution in [0.5, 0.6) is 0 Å². The molecule has 3 nitrogen and oxygen atoms in total. The standard InChI is InChI=1S/C6H6.C5H13O3P/c1-2-4-6-5-3-1;1-4-7-9(3,6)8-5-2/h1-6H;4-5H2,1-3H3. The van der Waals surface area contributed by atoms with Gasteiger partial charge in [0.25, 0.3) is 0 Å². The Morgan fingerprint density at radius 2 is 1.13 bits per heavy atom. The Kier molecular flexibility index (Phi) is 8.30. The van der Waals surface area contributed by atoms with Gasteiger partial charge in [0.2, 0.25) is 0 Å². The van der Waals surface area contributed by atoms with Gasteiger partial charge in [-0.1, -0.05) is 36.4 Å². The zero-order valence-electron chi connectivity index (χ0n) is 9.55. The molecule has 0 radical (unpaired) electrons. The lowest BCUT2D eigenvalue weighted by atomic mass is 10.4. The monoisotopic (exact) mass is 230 g/mol. The van der Waals surface area contributed by atoms with Gasteiger partial charge in [0.1, 0.15) is 0 Å². The fourth-order valence-electron chi connectivity index (χ4n) is 0.891. The predicted molar refractivity (Wildman–Crippen MR) is 63.2 cm³/mol. The quantitative estimate of drug-likeness (QED) is 0.742. The maximum absolute atomic E-state index is 11.0. The van der Waals surface area contributed by atoms with Crippen molar-refractivity contribution in [1.82, 2.24) is 0 Å². The van der Waals surface area contributed by atoms with Crippen LogP contribution in [0.1, 0.15) is 13.8 Å². The molecule has 0 spiro atoms. The third kappa shape index (κ3) is 9.67. The van der Waals surface area contributed by atoms with Crippen LogP contribution in [0.3, 0.4) is 0 Å². The van der Waals surface area contributed by atoms with Crippen LogP contribution >= 0.6 is 7.60 Å². The average molecular weight is 230 g/mol. The predicted octanol–water partition coefficient (Wildman–Crippen LogP) is 3.57. The summed E-state index contributed by atoms with van der Waals surface area (Å²) in [6, 6.07) is 12.0. The fourth-order valence-corrected chi connectivity index (χ4v) is 1.90. The fraction of sp³-hybridized carbons (Fsp3) is 0.455. The first kappa shape index (κ1) is 14.4. The van der Waals surface area contributed by atoms with E-state index in [-0.39, 0.29) is 0 Å². The number of rotatable bonds is 4. The molecule has 86 valence electrons. The second-order valence-corrected chi connectivity index (χ2v) is 4.82. The summed E-state index contributed by atoms with van der Waals surface area (Å²) in [6.45, 7) is 5.92. The summed E-state index contributed by atoms with van der Waals surface area (Å²) >= 11 is 0. The summed E-state index contributed by atoms with van der Waals surface area (Å²) < 4.78 is 20.6. The molecule has 0 amide bonds. The largest absolute Gasteiger partial charge is 0.327 e. The lowest BCUT2D eigenvalue weighted by Crippen LogP contribution is -1.92. The summed E-state index contributed by atoms with van der Waals surface area (Å²) in [4.78, 5) is 0. The Balaban J connectivity index is 0.000000280. The Labute approximate surface area is 92.0 Å². The molecular formula is C11H19O3P. The van der Waals surface area contributed by atoms with Crippen LogP contribution < -0.4 is 0 Å². The molecule has 1 aromatic carbocycles. The van der Waals surface area contributed by atoms with Crippen molar-refractivity contribution in [1.29, 1.82) is 0 Å². The van der Waals surface area contributed by atoms with E-state index in [1.807, 2.05) is 36.4 Å². The van der Waals surface area contributed by atoms with Crippen LogP contribution in [0.15, 0.2) is 36.4 Å². The van der Waals surface area contributed by atoms with E-state index in [2.05, 4.69) is 0 Å². The zero-order chi connectivity index (χ0) is 11.6. The van der Waals surface area contributed by atoms with E-state index >= 15 is 0 Å². The van der Waals surface area contributed by atoms with Crippen LogP contribution in [0.25, 0.3) is 0 Å². The first-order chi connectivity index (χ1) is 7.12. The third-order valence-electron chi connectivity index (χ3n) is 1.39. The van der Waals surface area contributed by atoms with Gasteiger partial charge in [-0.15, -0.1) is 0 Å². The smallest absolute Gasteiger partial charge is 0.309 e. The molecule has 0 saturated heterocycles. The lowest BCUT2D eigenvalue weighted by molar-refractivity contribution is 0.225. The van der Waals surface area contributed by atoms with Crippen LogP contribution in [-0.4, -0.2) is 19.9 Å². The van der Waals surface area contributed by atoms with Crippen molar-refractivity contribution in [3.05, 3.63) is 36.4 Å². The molecule has 0 aliphatic heterocycles. The van der Waals surface area contributed by atoms with E-state index in [0.717, 1.165) is 0 Å². The molecule has 0 aliphatic carbocycles. The zero-order valence-corrected chi connectivity index (χ0v) is 10.4. The van der Waals surface area contributed by atoms with E-state index in [4.69, 9.17) is 9.05 Å². The van der Waals surface area contributed by atoms with Gasteiger partial charge in [-0.25, -0.2) is 0 Å². The number of benzene rings is 1. The van der Waals surface area contributed by atoms with Crippen molar-refractivity contribution >= 4 is 7.60 Å². The van der Waals surface area contributed by atoms with E-state index in [1.165, 1.54) is 6.66 Å². The highest BCUT2D eigenvalue weighted by atomic mass is 31.2. The van der Waals surface area contributed by atoms with Crippen molar-refractivity contribution in [3.8, 4) is 0 Å². The maximum atomic E-state index is 11.0. The van der Waals surface area contributed by atoms with Gasteiger partial charge in [-0.2, -0.15) is 0 Å². The van der Waals surface area contributed by atoms with Gasteiger partial charge < -0.3 is 9.05 Å². The van der Waals surface area contributed by atoms with Crippen LogP contribution in [0.2, 0.25) is 0 Å². The minimum atomic E-state index is -2.69. The topological polar surface area (TPSA) is 35.5 Å². The Morgan fingerprint density at radius 3 is 1.33 bits per heavy atom. The normalized spacial score (nSPS) is 10.3. The highest BCUT2D eigenvalue weighted by Crippen LogP contribution is 2.43. The Hall–Kier alpha value is -0.630. The highest BCUT2D eigenvalue weighted by molar-refractivity contribution is 7.52. The van der Waals surface area contributed by atoms with E-state index in [9.17, 15) is 4.57 Å². The van der Waals surface area contributed by atoms with Crippen molar-refractivity contribution in [2.24, 2.45) is 0 Å². The van der Waals surface area contributed by atoms with Crippen molar-refractivity contribution in [2.75, 3.05) is 19.9 Å². The second kappa shape index (κ2) is 8.66. The summed E-state index contributed by atoms with van der Waals surface area (Å²) in [5, 5.41) is 0. The van der Waals surface area contributed by atoms with Crippen LogP contribution in [-0.2, 0) is 13.6 Å². The molecular weight excluding hydrogens is 211 g/mol. The average Bonchev–Trinajstić information content (AvgIpc) is 2.21. The Morgan fingerprint density at radius 1 is 0.867 bits per heavy atom. The number of hydrogen-bond donors (Lipinski definition) is 0. The summed E-state index contributed by atoms with van der Waals surface area (Å²) in [7, 11) is -2.69. The molecule has 0 unspecified atom stereocenters. The molecule has 0 atom stereocenters. The summed E-state index contributed by atoms with van der Waals surface area (Å²) in [5.41, 5.74) is 0. The highest BCUT2D eigenvalue weighted by Gasteiger charge is 2.13. The lowest BCUT2D eigenvalue weighted by Gasteiger charge is -2.10. The molecule has 0 N–H and O–H groups in total. The van der Waals surface area contributed by atoms with Gasteiger partial charge in [-0.3, -0.25) is 4.57 Å².